The number of halogens is 1. The fourth-order valence-corrected chi connectivity index (χ4v) is 3.34. The first-order chi connectivity index (χ1) is 11.3. The quantitative estimate of drug-likeness (QED) is 0.381. The molecule has 0 N–H and O–H groups in total. The van der Waals surface area contributed by atoms with Crippen LogP contribution in [-0.2, 0) is 0 Å². The minimum atomic E-state index is 0.885. The predicted octanol–water partition coefficient (Wildman–Crippen LogP) is 6.33. The van der Waals surface area contributed by atoms with Crippen molar-refractivity contribution in [2.45, 2.75) is 0 Å². The van der Waals surface area contributed by atoms with Gasteiger partial charge < -0.3 is 0 Å². The van der Waals surface area contributed by atoms with Gasteiger partial charge in [-0.15, -0.1) is 0 Å². The van der Waals surface area contributed by atoms with Crippen molar-refractivity contribution in [1.29, 1.82) is 0 Å². The molecule has 0 radical (unpaired) electrons. The van der Waals surface area contributed by atoms with Crippen molar-refractivity contribution >= 4 is 26.7 Å². The summed E-state index contributed by atoms with van der Waals surface area (Å²) >= 11 is 3.60. The van der Waals surface area contributed by atoms with Crippen LogP contribution in [0.2, 0.25) is 0 Å². The van der Waals surface area contributed by atoms with E-state index in [1.165, 1.54) is 16.5 Å². The Bertz CT molecular complexity index is 977. The van der Waals surface area contributed by atoms with Gasteiger partial charge in [0.25, 0.3) is 0 Å². The summed E-state index contributed by atoms with van der Waals surface area (Å²) in [6.45, 7) is 0. The summed E-state index contributed by atoms with van der Waals surface area (Å²) in [6, 6.07) is 29.4. The van der Waals surface area contributed by atoms with Crippen molar-refractivity contribution in [2.75, 3.05) is 0 Å². The molecule has 0 amide bonds. The molecule has 0 atom stereocenters. The van der Waals surface area contributed by atoms with E-state index in [4.69, 9.17) is 4.98 Å². The highest BCUT2D eigenvalue weighted by Gasteiger charge is 2.07. The van der Waals surface area contributed by atoms with E-state index in [9.17, 15) is 0 Å². The molecule has 0 bridgehead atoms. The van der Waals surface area contributed by atoms with Crippen molar-refractivity contribution in [1.82, 2.24) is 4.98 Å². The second-order valence-electron chi connectivity index (χ2n) is 5.47. The number of fused-ring (bicyclic) bond motifs is 1. The Labute approximate surface area is 143 Å². The lowest BCUT2D eigenvalue weighted by Crippen LogP contribution is -1.87. The van der Waals surface area contributed by atoms with Gasteiger partial charge in [0.1, 0.15) is 4.60 Å². The van der Waals surface area contributed by atoms with Gasteiger partial charge in [0.15, 0.2) is 0 Å². The summed E-state index contributed by atoms with van der Waals surface area (Å²) in [5, 5.41) is 2.32. The van der Waals surface area contributed by atoms with Crippen LogP contribution in [0.25, 0.3) is 33.2 Å². The molecular weight excluding hydrogens is 346 g/mol. The molecule has 0 saturated heterocycles. The van der Waals surface area contributed by atoms with E-state index in [2.05, 4.69) is 88.7 Å². The molecule has 0 fully saturated rings. The van der Waals surface area contributed by atoms with E-state index in [0.29, 0.717) is 0 Å². The van der Waals surface area contributed by atoms with Crippen molar-refractivity contribution in [3.8, 4) is 22.4 Å². The molecule has 0 saturated carbocycles. The van der Waals surface area contributed by atoms with Gasteiger partial charge in [-0.1, -0.05) is 72.8 Å². The van der Waals surface area contributed by atoms with Crippen LogP contribution >= 0.6 is 15.9 Å². The standard InChI is InChI=1S/C21H14BrN/c22-21-19-12-5-4-9-17(19)14-20(23-21)18-11-6-10-16(13-18)15-7-2-1-3-8-15/h1-14H. The van der Waals surface area contributed by atoms with E-state index >= 15 is 0 Å². The number of nitrogens with zero attached hydrogens (tertiary/aromatic N) is 1. The largest absolute Gasteiger partial charge is 0.240 e. The van der Waals surface area contributed by atoms with E-state index in [1.54, 1.807) is 0 Å². The molecule has 0 unspecified atom stereocenters. The smallest absolute Gasteiger partial charge is 0.114 e. The molecule has 4 rings (SSSR count). The van der Waals surface area contributed by atoms with Crippen molar-refractivity contribution in [3.63, 3.8) is 0 Å². The summed E-state index contributed by atoms with van der Waals surface area (Å²) in [5.41, 5.74) is 4.52. The van der Waals surface area contributed by atoms with Crippen LogP contribution < -0.4 is 0 Å². The summed E-state index contributed by atoms with van der Waals surface area (Å²) in [5.74, 6) is 0. The summed E-state index contributed by atoms with van der Waals surface area (Å²) in [7, 11) is 0. The van der Waals surface area contributed by atoms with Crippen LogP contribution in [0, 0.1) is 0 Å². The van der Waals surface area contributed by atoms with Crippen LogP contribution in [-0.4, -0.2) is 4.98 Å². The molecule has 23 heavy (non-hydrogen) atoms. The Morgan fingerprint density at radius 1 is 0.609 bits per heavy atom. The average molecular weight is 360 g/mol. The fraction of sp³-hybridized carbons (Fsp3) is 0. The number of benzene rings is 3. The molecule has 3 aromatic carbocycles. The zero-order valence-electron chi connectivity index (χ0n) is 12.4. The van der Waals surface area contributed by atoms with Gasteiger partial charge in [0.05, 0.1) is 5.69 Å². The molecule has 110 valence electrons. The lowest BCUT2D eigenvalue weighted by Gasteiger charge is -2.08. The Kier molecular flexibility index (Phi) is 3.68. The molecule has 0 aliphatic carbocycles. The molecule has 0 spiro atoms. The lowest BCUT2D eigenvalue weighted by molar-refractivity contribution is 1.31. The maximum Gasteiger partial charge on any atom is 0.114 e. The van der Waals surface area contributed by atoms with Crippen LogP contribution in [0.15, 0.2) is 89.5 Å². The van der Waals surface area contributed by atoms with E-state index < -0.39 is 0 Å². The molecule has 2 heteroatoms. The third kappa shape index (κ3) is 2.78. The van der Waals surface area contributed by atoms with Crippen LogP contribution in [0.3, 0.4) is 0 Å². The minimum absolute atomic E-state index is 0.885. The van der Waals surface area contributed by atoms with Gasteiger partial charge in [0, 0.05) is 10.9 Å². The van der Waals surface area contributed by atoms with Crippen LogP contribution in [0.5, 0.6) is 0 Å². The van der Waals surface area contributed by atoms with Gasteiger partial charge in [-0.25, -0.2) is 4.98 Å². The van der Waals surface area contributed by atoms with Gasteiger partial charge in [-0.2, -0.15) is 0 Å². The predicted molar refractivity (Wildman–Crippen MR) is 100 cm³/mol. The van der Waals surface area contributed by atoms with Gasteiger partial charge >= 0.3 is 0 Å². The second kappa shape index (κ2) is 5.98. The summed E-state index contributed by atoms with van der Waals surface area (Å²) in [4.78, 5) is 4.72. The number of pyridine rings is 1. The van der Waals surface area contributed by atoms with Gasteiger partial charge in [-0.05, 0) is 44.6 Å². The highest BCUT2D eigenvalue weighted by molar-refractivity contribution is 9.10. The first kappa shape index (κ1) is 14.2. The number of aromatic nitrogens is 1. The van der Waals surface area contributed by atoms with E-state index in [1.807, 2.05) is 12.1 Å². The number of hydrogen-bond donors (Lipinski definition) is 0. The molecule has 4 aromatic rings. The monoisotopic (exact) mass is 359 g/mol. The highest BCUT2D eigenvalue weighted by Crippen LogP contribution is 2.30. The van der Waals surface area contributed by atoms with Gasteiger partial charge in [-0.3, -0.25) is 0 Å². The summed E-state index contributed by atoms with van der Waals surface area (Å²) < 4.78 is 0.885. The maximum atomic E-state index is 4.72. The third-order valence-corrected chi connectivity index (χ3v) is 4.56. The first-order valence-corrected chi connectivity index (χ1v) is 8.32. The van der Waals surface area contributed by atoms with E-state index in [0.717, 1.165) is 21.2 Å². The van der Waals surface area contributed by atoms with E-state index in [-0.39, 0.29) is 0 Å². The third-order valence-electron chi connectivity index (χ3n) is 3.96. The first-order valence-electron chi connectivity index (χ1n) is 7.52. The summed E-state index contributed by atoms with van der Waals surface area (Å²) in [6.07, 6.45) is 0. The molecule has 0 aliphatic rings. The molecule has 0 aliphatic heterocycles. The Balaban J connectivity index is 1.85. The molecule has 1 nitrogen and oxygen atoms in total. The van der Waals surface area contributed by atoms with Crippen molar-refractivity contribution < 1.29 is 0 Å². The lowest BCUT2D eigenvalue weighted by atomic mass is 10.0. The van der Waals surface area contributed by atoms with Crippen molar-refractivity contribution in [2.24, 2.45) is 0 Å². The molecule has 1 heterocycles. The normalized spacial score (nSPS) is 10.8. The maximum absolute atomic E-state index is 4.72. The average Bonchev–Trinajstić information content (AvgIpc) is 2.62. The highest BCUT2D eigenvalue weighted by atomic mass is 79.9. The minimum Gasteiger partial charge on any atom is -0.240 e. The van der Waals surface area contributed by atoms with Crippen LogP contribution in [0.4, 0.5) is 0 Å². The zero-order valence-corrected chi connectivity index (χ0v) is 14.0. The van der Waals surface area contributed by atoms with Gasteiger partial charge in [0.2, 0.25) is 0 Å². The SMILES string of the molecule is Brc1nc(-c2cccc(-c3ccccc3)c2)cc2ccccc12. The Hall–Kier alpha value is -2.45. The Morgan fingerprint density at radius 2 is 1.30 bits per heavy atom. The molecule has 1 aromatic heterocycles. The number of rotatable bonds is 2. The Morgan fingerprint density at radius 3 is 2.17 bits per heavy atom. The zero-order chi connectivity index (χ0) is 15.6. The number of hydrogen-bond acceptors (Lipinski definition) is 1. The molecular formula is C21H14BrN. The van der Waals surface area contributed by atoms with Crippen LogP contribution in [0.1, 0.15) is 0 Å². The fourth-order valence-electron chi connectivity index (χ4n) is 2.79. The van der Waals surface area contributed by atoms with Crippen molar-refractivity contribution in [3.05, 3.63) is 89.5 Å². The topological polar surface area (TPSA) is 12.9 Å². The second-order valence-corrected chi connectivity index (χ2v) is 6.22.